The van der Waals surface area contributed by atoms with Gasteiger partial charge >= 0.3 is 0 Å². The molecule has 6 nitrogen and oxygen atoms in total. The fourth-order valence-electron chi connectivity index (χ4n) is 2.01. The quantitative estimate of drug-likeness (QED) is 0.676. The number of hydrogen-bond acceptors (Lipinski definition) is 6. The molecule has 0 spiro atoms. The summed E-state index contributed by atoms with van der Waals surface area (Å²) in [6.07, 6.45) is 1.65. The van der Waals surface area contributed by atoms with Crippen molar-refractivity contribution in [2.24, 2.45) is 0 Å². The summed E-state index contributed by atoms with van der Waals surface area (Å²) in [4.78, 5) is 20.5. The van der Waals surface area contributed by atoms with Crippen LogP contribution in [0.2, 0.25) is 5.02 Å². The molecule has 3 rings (SSSR count). The smallest absolute Gasteiger partial charge is 0.259 e. The van der Waals surface area contributed by atoms with Crippen molar-refractivity contribution in [2.75, 3.05) is 11.1 Å². The van der Waals surface area contributed by atoms with Gasteiger partial charge in [-0.2, -0.15) is 4.98 Å². The van der Waals surface area contributed by atoms with Crippen molar-refractivity contribution in [3.8, 4) is 11.5 Å². The summed E-state index contributed by atoms with van der Waals surface area (Å²) in [5.41, 5.74) is 2.38. The first-order valence-corrected chi connectivity index (χ1v) is 8.83. The van der Waals surface area contributed by atoms with Gasteiger partial charge in [0.1, 0.15) is 0 Å². The van der Waals surface area contributed by atoms with Gasteiger partial charge in [-0.15, -0.1) is 0 Å². The number of halogens is 1. The number of benzene rings is 1. The molecule has 8 heteroatoms. The van der Waals surface area contributed by atoms with E-state index in [0.29, 0.717) is 22.4 Å². The summed E-state index contributed by atoms with van der Waals surface area (Å²) in [7, 11) is 0. The SMILES string of the molecule is Cc1noc(-c2ccc(SCC(=O)Nc3ccc(C)c(Cl)c3)nc2)n1. The highest BCUT2D eigenvalue weighted by Crippen LogP contribution is 2.22. The molecule has 1 amide bonds. The summed E-state index contributed by atoms with van der Waals surface area (Å²) in [6, 6.07) is 9.07. The molecule has 0 aliphatic carbocycles. The average molecular weight is 375 g/mol. The van der Waals surface area contributed by atoms with Crippen LogP contribution >= 0.6 is 23.4 Å². The molecule has 0 fully saturated rings. The van der Waals surface area contributed by atoms with Crippen molar-refractivity contribution < 1.29 is 9.32 Å². The summed E-state index contributed by atoms with van der Waals surface area (Å²) in [5, 5.41) is 7.92. The molecule has 0 bridgehead atoms. The lowest BCUT2D eigenvalue weighted by Crippen LogP contribution is -2.14. The largest absolute Gasteiger partial charge is 0.334 e. The van der Waals surface area contributed by atoms with Crippen LogP contribution in [-0.4, -0.2) is 26.8 Å². The molecule has 0 saturated heterocycles. The van der Waals surface area contributed by atoms with E-state index in [9.17, 15) is 4.79 Å². The minimum atomic E-state index is -0.122. The van der Waals surface area contributed by atoms with Crippen LogP contribution < -0.4 is 5.32 Å². The predicted octanol–water partition coefficient (Wildman–Crippen LogP) is 4.13. The zero-order valence-corrected chi connectivity index (χ0v) is 15.2. The van der Waals surface area contributed by atoms with Gasteiger partial charge in [0.05, 0.1) is 16.3 Å². The summed E-state index contributed by atoms with van der Waals surface area (Å²) in [6.45, 7) is 3.67. The number of pyridine rings is 1. The summed E-state index contributed by atoms with van der Waals surface area (Å²) in [5.74, 6) is 1.12. The summed E-state index contributed by atoms with van der Waals surface area (Å²) >= 11 is 7.39. The van der Waals surface area contributed by atoms with Crippen molar-refractivity contribution in [2.45, 2.75) is 18.9 Å². The second kappa shape index (κ2) is 7.67. The van der Waals surface area contributed by atoms with Crippen LogP contribution in [0.3, 0.4) is 0 Å². The van der Waals surface area contributed by atoms with E-state index in [-0.39, 0.29) is 11.7 Å². The third-order valence-electron chi connectivity index (χ3n) is 3.32. The van der Waals surface area contributed by atoms with E-state index in [1.807, 2.05) is 31.2 Å². The third kappa shape index (κ3) is 4.58. The van der Waals surface area contributed by atoms with Gasteiger partial charge in [0, 0.05) is 16.9 Å². The molecule has 25 heavy (non-hydrogen) atoms. The number of nitrogens with one attached hydrogen (secondary N) is 1. The van der Waals surface area contributed by atoms with E-state index in [4.69, 9.17) is 16.1 Å². The van der Waals surface area contributed by atoms with Gasteiger partial charge in [-0.1, -0.05) is 34.6 Å². The number of aromatic nitrogens is 3. The molecule has 2 heterocycles. The van der Waals surface area contributed by atoms with Crippen molar-refractivity contribution in [1.82, 2.24) is 15.1 Å². The minimum Gasteiger partial charge on any atom is -0.334 e. The number of nitrogens with zero attached hydrogens (tertiary/aromatic N) is 3. The molecule has 0 aliphatic heterocycles. The predicted molar refractivity (Wildman–Crippen MR) is 97.8 cm³/mol. The summed E-state index contributed by atoms with van der Waals surface area (Å²) < 4.78 is 5.09. The number of thioether (sulfide) groups is 1. The number of rotatable bonds is 5. The van der Waals surface area contributed by atoms with E-state index in [2.05, 4.69) is 20.4 Å². The van der Waals surface area contributed by atoms with E-state index in [1.165, 1.54) is 11.8 Å². The third-order valence-corrected chi connectivity index (χ3v) is 4.67. The maximum atomic E-state index is 12.0. The Balaban J connectivity index is 1.55. The molecule has 0 atom stereocenters. The molecule has 0 unspecified atom stereocenters. The topological polar surface area (TPSA) is 80.9 Å². The highest BCUT2D eigenvalue weighted by Gasteiger charge is 2.09. The van der Waals surface area contributed by atoms with Gasteiger partial charge in [0.2, 0.25) is 5.91 Å². The van der Waals surface area contributed by atoms with Crippen molar-refractivity contribution in [3.63, 3.8) is 0 Å². The van der Waals surface area contributed by atoms with Gasteiger partial charge in [-0.05, 0) is 43.7 Å². The Labute approximate surface area is 154 Å². The number of anilines is 1. The molecule has 128 valence electrons. The maximum absolute atomic E-state index is 12.0. The van der Waals surface area contributed by atoms with Crippen LogP contribution in [0, 0.1) is 13.8 Å². The standard InChI is InChI=1S/C17H15ClN4O2S/c1-10-3-5-13(7-14(10)18)21-15(23)9-25-16-6-4-12(8-19-16)17-20-11(2)22-24-17/h3-8H,9H2,1-2H3,(H,21,23). The minimum absolute atomic E-state index is 0.122. The first-order valence-electron chi connectivity index (χ1n) is 7.47. The zero-order valence-electron chi connectivity index (χ0n) is 13.6. The Morgan fingerprint density at radius 2 is 2.12 bits per heavy atom. The van der Waals surface area contributed by atoms with Crippen molar-refractivity contribution in [3.05, 3.63) is 52.9 Å². The number of hydrogen-bond donors (Lipinski definition) is 1. The van der Waals surface area contributed by atoms with Crippen molar-refractivity contribution >= 4 is 35.0 Å². The van der Waals surface area contributed by atoms with Gasteiger partial charge < -0.3 is 9.84 Å². The van der Waals surface area contributed by atoms with E-state index >= 15 is 0 Å². The normalized spacial score (nSPS) is 10.7. The Hall–Kier alpha value is -2.38. The average Bonchev–Trinajstić information content (AvgIpc) is 3.03. The van der Waals surface area contributed by atoms with Gasteiger partial charge in [0.25, 0.3) is 5.89 Å². The number of carbonyl (C=O) groups is 1. The monoisotopic (exact) mass is 374 g/mol. The molecule has 2 aromatic heterocycles. The van der Waals surface area contributed by atoms with Gasteiger partial charge in [0.15, 0.2) is 5.82 Å². The first kappa shape index (κ1) is 17.4. The molecule has 0 saturated carbocycles. The molecule has 3 aromatic rings. The number of aryl methyl sites for hydroxylation is 2. The molecule has 0 radical (unpaired) electrons. The Kier molecular flexibility index (Phi) is 5.35. The fourth-order valence-corrected chi connectivity index (χ4v) is 2.84. The van der Waals surface area contributed by atoms with Crippen molar-refractivity contribution in [1.29, 1.82) is 0 Å². The molecular formula is C17H15ClN4O2S. The number of carbonyl (C=O) groups excluding carboxylic acids is 1. The van der Waals surface area contributed by atoms with Crippen LogP contribution in [0.15, 0.2) is 46.1 Å². The van der Waals surface area contributed by atoms with Crippen LogP contribution in [-0.2, 0) is 4.79 Å². The fraction of sp³-hybridized carbons (Fsp3) is 0.176. The Morgan fingerprint density at radius 1 is 1.28 bits per heavy atom. The van der Waals surface area contributed by atoms with Crippen LogP contribution in [0.5, 0.6) is 0 Å². The maximum Gasteiger partial charge on any atom is 0.259 e. The Morgan fingerprint density at radius 3 is 2.76 bits per heavy atom. The van der Waals surface area contributed by atoms with Gasteiger partial charge in [-0.25, -0.2) is 4.98 Å². The van der Waals surface area contributed by atoms with Crippen LogP contribution in [0.25, 0.3) is 11.5 Å². The highest BCUT2D eigenvalue weighted by molar-refractivity contribution is 7.99. The molecular weight excluding hydrogens is 360 g/mol. The van der Waals surface area contributed by atoms with E-state index in [1.54, 1.807) is 19.2 Å². The molecule has 1 aromatic carbocycles. The second-order valence-corrected chi connectivity index (χ2v) is 6.74. The highest BCUT2D eigenvalue weighted by atomic mass is 35.5. The van der Waals surface area contributed by atoms with Crippen LogP contribution in [0.4, 0.5) is 5.69 Å². The van der Waals surface area contributed by atoms with Crippen LogP contribution in [0.1, 0.15) is 11.4 Å². The zero-order chi connectivity index (χ0) is 17.8. The number of amides is 1. The molecule has 1 N–H and O–H groups in total. The first-order chi connectivity index (χ1) is 12.0. The Bertz CT molecular complexity index is 896. The van der Waals surface area contributed by atoms with Gasteiger partial charge in [-0.3, -0.25) is 4.79 Å². The molecule has 0 aliphatic rings. The lowest BCUT2D eigenvalue weighted by Gasteiger charge is -2.06. The lowest BCUT2D eigenvalue weighted by molar-refractivity contribution is -0.113. The lowest BCUT2D eigenvalue weighted by atomic mass is 10.2. The van der Waals surface area contributed by atoms with E-state index < -0.39 is 0 Å². The van der Waals surface area contributed by atoms with E-state index in [0.717, 1.165) is 16.2 Å². The second-order valence-electron chi connectivity index (χ2n) is 5.33.